The van der Waals surface area contributed by atoms with Crippen LogP contribution in [0.3, 0.4) is 0 Å². The van der Waals surface area contributed by atoms with Gasteiger partial charge in [0.15, 0.2) is 0 Å². The van der Waals surface area contributed by atoms with Gasteiger partial charge in [-0.25, -0.2) is 4.98 Å². The highest BCUT2D eigenvalue weighted by Gasteiger charge is 2.33. The number of rotatable bonds is 3. The molecule has 0 aromatic carbocycles. The fraction of sp³-hybridized carbons (Fsp3) is 0.538. The van der Waals surface area contributed by atoms with Crippen LogP contribution < -0.4 is 4.74 Å². The molecule has 112 valence electrons. The van der Waals surface area contributed by atoms with Gasteiger partial charge in [-0.05, 0) is 26.8 Å². The molecule has 0 saturated heterocycles. The van der Waals surface area contributed by atoms with Crippen LogP contribution >= 0.6 is 0 Å². The van der Waals surface area contributed by atoms with E-state index in [0.29, 0.717) is 0 Å². The summed E-state index contributed by atoms with van der Waals surface area (Å²) < 4.78 is 47.4. The lowest BCUT2D eigenvalue weighted by molar-refractivity contribution is -0.153. The Morgan fingerprint density at radius 1 is 1.25 bits per heavy atom. The maximum atomic E-state index is 12.5. The van der Waals surface area contributed by atoms with Crippen molar-refractivity contribution in [2.75, 3.05) is 7.11 Å². The molecule has 20 heavy (non-hydrogen) atoms. The van der Waals surface area contributed by atoms with E-state index in [4.69, 9.17) is 9.47 Å². The maximum Gasteiger partial charge on any atom is 0.433 e. The Morgan fingerprint density at radius 3 is 2.30 bits per heavy atom. The number of methoxy groups -OCH3 is 1. The molecule has 0 saturated carbocycles. The van der Waals surface area contributed by atoms with E-state index in [-0.39, 0.29) is 17.9 Å². The van der Waals surface area contributed by atoms with Crippen LogP contribution in [0.2, 0.25) is 0 Å². The Balaban J connectivity index is 2.94. The molecule has 1 aromatic heterocycles. The van der Waals surface area contributed by atoms with Crippen LogP contribution in [0.1, 0.15) is 32.0 Å². The van der Waals surface area contributed by atoms with Crippen molar-refractivity contribution in [2.45, 2.75) is 39.0 Å². The zero-order chi connectivity index (χ0) is 15.6. The number of pyridine rings is 1. The molecule has 0 radical (unpaired) electrons. The molecule has 0 spiro atoms. The summed E-state index contributed by atoms with van der Waals surface area (Å²) in [5, 5.41) is 0. The second-order valence-electron chi connectivity index (χ2n) is 5.13. The normalized spacial score (nSPS) is 12.2. The fourth-order valence-electron chi connectivity index (χ4n) is 1.47. The van der Waals surface area contributed by atoms with E-state index in [1.54, 1.807) is 20.8 Å². The second-order valence-corrected chi connectivity index (χ2v) is 5.13. The Kier molecular flexibility index (Phi) is 4.62. The number of halogens is 3. The van der Waals surface area contributed by atoms with Gasteiger partial charge in [-0.3, -0.25) is 4.79 Å². The van der Waals surface area contributed by atoms with Gasteiger partial charge >= 0.3 is 12.1 Å². The van der Waals surface area contributed by atoms with Gasteiger partial charge in [0.2, 0.25) is 5.88 Å². The summed E-state index contributed by atoms with van der Waals surface area (Å²) in [6.45, 7) is 5.10. The zero-order valence-corrected chi connectivity index (χ0v) is 11.7. The van der Waals surface area contributed by atoms with Gasteiger partial charge in [-0.15, -0.1) is 0 Å². The van der Waals surface area contributed by atoms with Crippen molar-refractivity contribution in [1.82, 2.24) is 4.98 Å². The highest BCUT2D eigenvalue weighted by molar-refractivity contribution is 5.73. The van der Waals surface area contributed by atoms with Gasteiger partial charge in [0.1, 0.15) is 11.3 Å². The molecular weight excluding hydrogens is 275 g/mol. The molecule has 0 atom stereocenters. The number of carbonyl (C=O) groups is 1. The second kappa shape index (κ2) is 5.68. The first-order chi connectivity index (χ1) is 9.03. The van der Waals surface area contributed by atoms with E-state index in [2.05, 4.69) is 4.98 Å². The highest BCUT2D eigenvalue weighted by Crippen LogP contribution is 2.30. The van der Waals surface area contributed by atoms with Crippen molar-refractivity contribution < 1.29 is 27.4 Å². The third-order valence-corrected chi connectivity index (χ3v) is 2.18. The third-order valence-electron chi connectivity index (χ3n) is 2.18. The molecule has 1 aromatic rings. The van der Waals surface area contributed by atoms with Crippen molar-refractivity contribution in [2.24, 2.45) is 0 Å². The summed E-state index contributed by atoms with van der Waals surface area (Å²) in [4.78, 5) is 15.0. The van der Waals surface area contributed by atoms with Gasteiger partial charge in [-0.2, -0.15) is 13.2 Å². The van der Waals surface area contributed by atoms with Crippen LogP contribution in [0.25, 0.3) is 0 Å². The van der Waals surface area contributed by atoms with E-state index in [9.17, 15) is 18.0 Å². The van der Waals surface area contributed by atoms with Gasteiger partial charge in [0.25, 0.3) is 0 Å². The van der Waals surface area contributed by atoms with Crippen LogP contribution in [0.4, 0.5) is 13.2 Å². The molecule has 4 nitrogen and oxygen atoms in total. The number of aromatic nitrogens is 1. The predicted octanol–water partition coefficient (Wildman–Crippen LogP) is 2.99. The number of esters is 1. The van der Waals surface area contributed by atoms with E-state index >= 15 is 0 Å². The molecular formula is C13H16F3NO3. The molecule has 0 aliphatic rings. The number of nitrogens with zero attached hydrogens (tertiary/aromatic N) is 1. The fourth-order valence-corrected chi connectivity index (χ4v) is 1.47. The monoisotopic (exact) mass is 291 g/mol. The molecule has 0 fully saturated rings. The quantitative estimate of drug-likeness (QED) is 0.803. The summed E-state index contributed by atoms with van der Waals surface area (Å²) in [5.74, 6) is -0.789. The smallest absolute Gasteiger partial charge is 0.433 e. The van der Waals surface area contributed by atoms with Gasteiger partial charge < -0.3 is 9.47 Å². The highest BCUT2D eigenvalue weighted by atomic mass is 19.4. The number of hydrogen-bond donors (Lipinski definition) is 0. The molecule has 0 amide bonds. The van der Waals surface area contributed by atoms with E-state index in [1.807, 2.05) is 0 Å². The Labute approximate surface area is 114 Å². The number of alkyl halides is 3. The Hall–Kier alpha value is -1.79. The van der Waals surface area contributed by atoms with Crippen LogP contribution in [0.5, 0.6) is 5.88 Å². The largest absolute Gasteiger partial charge is 0.481 e. The van der Waals surface area contributed by atoms with Gasteiger partial charge in [0.05, 0.1) is 13.5 Å². The van der Waals surface area contributed by atoms with Crippen molar-refractivity contribution in [3.8, 4) is 5.88 Å². The minimum atomic E-state index is -4.56. The first kappa shape index (κ1) is 16.3. The SMILES string of the molecule is COc1nc(C(F)(F)F)ccc1CC(=O)OC(C)(C)C. The standard InChI is InChI=1S/C13H16F3NO3/c1-12(2,3)20-10(18)7-8-5-6-9(13(14,15)16)17-11(8)19-4/h5-6H,7H2,1-4H3. The molecule has 0 bridgehead atoms. The topological polar surface area (TPSA) is 48.4 Å². The molecule has 7 heteroatoms. The molecule has 1 heterocycles. The summed E-state index contributed by atoms with van der Waals surface area (Å²) in [6, 6.07) is 1.97. The van der Waals surface area contributed by atoms with Crippen molar-refractivity contribution >= 4 is 5.97 Å². The van der Waals surface area contributed by atoms with Gasteiger partial charge in [0, 0.05) is 5.56 Å². The van der Waals surface area contributed by atoms with Crippen LogP contribution in [-0.4, -0.2) is 23.7 Å². The summed E-state index contributed by atoms with van der Waals surface area (Å²) in [5.41, 5.74) is -1.49. The molecule has 0 aliphatic carbocycles. The van der Waals surface area contributed by atoms with Crippen LogP contribution in [0, 0.1) is 0 Å². The molecule has 0 N–H and O–H groups in total. The Bertz CT molecular complexity index is 493. The molecule has 0 unspecified atom stereocenters. The van der Waals surface area contributed by atoms with Crippen molar-refractivity contribution in [3.05, 3.63) is 23.4 Å². The van der Waals surface area contributed by atoms with Crippen molar-refractivity contribution in [1.29, 1.82) is 0 Å². The van der Waals surface area contributed by atoms with Crippen LogP contribution in [-0.2, 0) is 22.1 Å². The predicted molar refractivity (Wildman–Crippen MR) is 65.3 cm³/mol. The number of ether oxygens (including phenoxy) is 2. The number of hydrogen-bond acceptors (Lipinski definition) is 4. The maximum absolute atomic E-state index is 12.5. The Morgan fingerprint density at radius 2 is 1.85 bits per heavy atom. The lowest BCUT2D eigenvalue weighted by Gasteiger charge is -2.19. The first-order valence-corrected chi connectivity index (χ1v) is 5.86. The third kappa shape index (κ3) is 4.71. The van der Waals surface area contributed by atoms with Crippen molar-refractivity contribution in [3.63, 3.8) is 0 Å². The summed E-state index contributed by atoms with van der Waals surface area (Å²) >= 11 is 0. The zero-order valence-electron chi connectivity index (χ0n) is 11.7. The van der Waals surface area contributed by atoms with E-state index < -0.39 is 23.4 Å². The van der Waals surface area contributed by atoms with Gasteiger partial charge in [-0.1, -0.05) is 6.07 Å². The lowest BCUT2D eigenvalue weighted by Crippen LogP contribution is -2.25. The van der Waals surface area contributed by atoms with Crippen LogP contribution in [0.15, 0.2) is 12.1 Å². The minimum Gasteiger partial charge on any atom is -0.481 e. The molecule has 1 rings (SSSR count). The van der Waals surface area contributed by atoms with E-state index in [0.717, 1.165) is 6.07 Å². The average molecular weight is 291 g/mol. The average Bonchev–Trinajstić information content (AvgIpc) is 2.25. The van der Waals surface area contributed by atoms with E-state index in [1.165, 1.54) is 13.2 Å². The summed E-state index contributed by atoms with van der Waals surface area (Å²) in [7, 11) is 1.20. The minimum absolute atomic E-state index is 0.203. The number of carbonyl (C=O) groups excluding carboxylic acids is 1. The lowest BCUT2D eigenvalue weighted by atomic mass is 10.1. The summed E-state index contributed by atoms with van der Waals surface area (Å²) in [6.07, 6.45) is -4.76. The first-order valence-electron chi connectivity index (χ1n) is 5.86. The molecule has 0 aliphatic heterocycles.